The minimum atomic E-state index is -0.323. The van der Waals surface area contributed by atoms with Crippen LogP contribution in [0.1, 0.15) is 114 Å². The van der Waals surface area contributed by atoms with Crippen LogP contribution in [0.4, 0.5) is 0 Å². The lowest BCUT2D eigenvalue weighted by Gasteiger charge is -2.43. The maximum absolute atomic E-state index is 13.2. The summed E-state index contributed by atoms with van der Waals surface area (Å²) in [5.74, 6) is 1.23. The van der Waals surface area contributed by atoms with Crippen molar-refractivity contribution in [2.75, 3.05) is 26.7 Å². The van der Waals surface area contributed by atoms with Crippen LogP contribution >= 0.6 is 0 Å². The Labute approximate surface area is 290 Å². The zero-order valence-electron chi connectivity index (χ0n) is 32.2. The number of nitrogens with zero attached hydrogens (tertiary/aromatic N) is 1. The Morgan fingerprint density at radius 1 is 1.02 bits per heavy atom. The fourth-order valence-corrected chi connectivity index (χ4v) is 7.66. The molecule has 0 aromatic rings. The smallest absolute Gasteiger partial charge is 0.200 e. The second-order valence-corrected chi connectivity index (χ2v) is 16.9. The Morgan fingerprint density at radius 2 is 1.64 bits per heavy atom. The lowest BCUT2D eigenvalue weighted by atomic mass is 9.69. The van der Waals surface area contributed by atoms with Crippen LogP contribution in [0.25, 0.3) is 0 Å². The number of hydrogen-bond donors (Lipinski definition) is 4. The van der Waals surface area contributed by atoms with Gasteiger partial charge < -0.3 is 26.2 Å². The highest BCUT2D eigenvalue weighted by atomic mass is 16.1. The third-order valence-corrected chi connectivity index (χ3v) is 11.8. The first-order valence-corrected chi connectivity index (χ1v) is 18.4. The predicted molar refractivity (Wildman–Crippen MR) is 204 cm³/mol. The lowest BCUT2D eigenvalue weighted by molar-refractivity contribution is -0.117. The molecule has 6 nitrogen and oxygen atoms in total. The second-order valence-electron chi connectivity index (χ2n) is 16.9. The normalized spacial score (nSPS) is 22.5. The molecule has 0 amide bonds. The van der Waals surface area contributed by atoms with E-state index in [1.807, 2.05) is 0 Å². The van der Waals surface area contributed by atoms with Crippen molar-refractivity contribution >= 4 is 5.78 Å². The molecule has 47 heavy (non-hydrogen) atoms. The fraction of sp³-hybridized carbons (Fsp3) is 0.732. The first-order valence-electron chi connectivity index (χ1n) is 18.4. The molecule has 0 aromatic carbocycles. The predicted octanol–water partition coefficient (Wildman–Crippen LogP) is 8.33. The summed E-state index contributed by atoms with van der Waals surface area (Å²) >= 11 is 0. The van der Waals surface area contributed by atoms with Gasteiger partial charge in [0.15, 0.2) is 5.78 Å². The minimum absolute atomic E-state index is 0.00239. The van der Waals surface area contributed by atoms with E-state index in [9.17, 15) is 4.79 Å². The van der Waals surface area contributed by atoms with Crippen LogP contribution in [0.2, 0.25) is 0 Å². The Bertz CT molecular complexity index is 1110. The molecule has 2 aliphatic rings. The van der Waals surface area contributed by atoms with Gasteiger partial charge >= 0.3 is 0 Å². The highest BCUT2D eigenvalue weighted by Gasteiger charge is 2.60. The molecule has 2 rings (SSSR count). The summed E-state index contributed by atoms with van der Waals surface area (Å²) in [5, 5.41) is 14.2. The van der Waals surface area contributed by atoms with Crippen molar-refractivity contribution in [3.63, 3.8) is 0 Å². The van der Waals surface area contributed by atoms with E-state index < -0.39 is 0 Å². The van der Waals surface area contributed by atoms with Gasteiger partial charge in [0.2, 0.25) is 0 Å². The third kappa shape index (κ3) is 11.3. The zero-order valence-corrected chi connectivity index (χ0v) is 32.2. The SMILES string of the molecule is C=CCNC(=C)C(=O)C(CCC)NC(=C)C(C)[C@@H]1[C@H](CN(C)C(=C)CC(NCC(=C)NC(C)C(C)(C)C)C2(C)CCCCC2)C1(C)C. The van der Waals surface area contributed by atoms with Gasteiger partial charge in [-0.2, -0.15) is 0 Å². The van der Waals surface area contributed by atoms with Crippen LogP contribution in [-0.2, 0) is 4.79 Å². The molecule has 0 saturated heterocycles. The summed E-state index contributed by atoms with van der Waals surface area (Å²) < 4.78 is 0. The quantitative estimate of drug-likeness (QED) is 0.0697. The van der Waals surface area contributed by atoms with Crippen molar-refractivity contribution < 1.29 is 4.79 Å². The average Bonchev–Trinajstić information content (AvgIpc) is 3.54. The van der Waals surface area contributed by atoms with Crippen LogP contribution in [0, 0.1) is 34.0 Å². The van der Waals surface area contributed by atoms with Crippen molar-refractivity contribution in [1.82, 2.24) is 26.2 Å². The molecule has 2 aliphatic carbocycles. The molecule has 0 spiro atoms. The third-order valence-electron chi connectivity index (χ3n) is 11.8. The van der Waals surface area contributed by atoms with Gasteiger partial charge in [-0.3, -0.25) is 4.79 Å². The van der Waals surface area contributed by atoms with Crippen molar-refractivity contribution in [3.05, 3.63) is 61.8 Å². The molecule has 0 aromatic heterocycles. The zero-order chi connectivity index (χ0) is 35.7. The summed E-state index contributed by atoms with van der Waals surface area (Å²) in [6.07, 6.45) is 10.8. The monoisotopic (exact) mass is 652 g/mol. The van der Waals surface area contributed by atoms with Crippen LogP contribution in [0.5, 0.6) is 0 Å². The Morgan fingerprint density at radius 3 is 2.19 bits per heavy atom. The van der Waals surface area contributed by atoms with Crippen molar-refractivity contribution in [3.8, 4) is 0 Å². The van der Waals surface area contributed by atoms with Crippen molar-refractivity contribution in [2.45, 2.75) is 132 Å². The first-order chi connectivity index (χ1) is 21.8. The van der Waals surface area contributed by atoms with E-state index in [1.165, 1.54) is 37.8 Å². The Balaban J connectivity index is 2.06. The van der Waals surface area contributed by atoms with Crippen LogP contribution in [-0.4, -0.2) is 55.5 Å². The highest BCUT2D eigenvalue weighted by molar-refractivity contribution is 5.98. The van der Waals surface area contributed by atoms with Gasteiger partial charge in [0.1, 0.15) is 0 Å². The summed E-state index contributed by atoms with van der Waals surface area (Å²) in [6.45, 7) is 44.0. The van der Waals surface area contributed by atoms with Crippen molar-refractivity contribution in [1.29, 1.82) is 0 Å². The maximum Gasteiger partial charge on any atom is 0.200 e. The van der Waals surface area contributed by atoms with Gasteiger partial charge in [-0.05, 0) is 60.2 Å². The number of carbonyl (C=O) groups excluding carboxylic acids is 1. The molecule has 2 fully saturated rings. The standard InChI is InChI=1S/C41H73N5O/c1-16-21-35(38(47)32(7)42-24-17-2)45-31(6)30(5)37-34(40(37,12)13)27-46(15)29(4)25-36(41(14)22-19-18-20-23-41)43-26-28(3)44-33(8)39(9,10)11/h17,30,33-37,42-45H,2-4,6-7,16,18-27H2,1,5,8-15H3/t30?,33?,34-,35?,36?,37+/m0/s1. The van der Waals surface area contributed by atoms with Crippen molar-refractivity contribution in [2.24, 2.45) is 34.0 Å². The van der Waals surface area contributed by atoms with E-state index in [4.69, 9.17) is 0 Å². The number of allylic oxidation sites excluding steroid dienone is 1. The number of rotatable bonds is 22. The van der Waals surface area contributed by atoms with Gasteiger partial charge in [0.25, 0.3) is 0 Å². The Kier molecular flexibility index (Phi) is 15.0. The fourth-order valence-electron chi connectivity index (χ4n) is 7.66. The largest absolute Gasteiger partial charge is 0.385 e. The summed E-state index contributed by atoms with van der Waals surface area (Å²) in [4.78, 5) is 15.6. The topological polar surface area (TPSA) is 68.4 Å². The van der Waals surface area contributed by atoms with Crippen LogP contribution < -0.4 is 21.3 Å². The van der Waals surface area contributed by atoms with Gasteiger partial charge in [-0.15, -0.1) is 6.58 Å². The molecule has 2 saturated carbocycles. The number of Topliss-reactive ketones (excluding diaryl/α,β-unsaturated/α-hetero) is 1. The number of nitrogens with one attached hydrogen (secondary N) is 4. The van der Waals surface area contributed by atoms with Gasteiger partial charge in [0.05, 0.1) is 11.7 Å². The highest BCUT2D eigenvalue weighted by Crippen LogP contribution is 2.63. The van der Waals surface area contributed by atoms with Crippen LogP contribution in [0.15, 0.2) is 61.8 Å². The molecular weight excluding hydrogens is 578 g/mol. The molecule has 4 N–H and O–H groups in total. The van der Waals surface area contributed by atoms with Gasteiger partial charge in [-0.25, -0.2) is 0 Å². The first kappa shape index (κ1) is 40.7. The van der Waals surface area contributed by atoms with E-state index in [0.29, 0.717) is 36.2 Å². The molecule has 0 aliphatic heterocycles. The number of ketones is 1. The molecule has 268 valence electrons. The summed E-state index contributed by atoms with van der Waals surface area (Å²) in [5.41, 5.74) is 4.22. The van der Waals surface area contributed by atoms with Crippen LogP contribution in [0.3, 0.4) is 0 Å². The number of carbonyl (C=O) groups is 1. The molecule has 0 radical (unpaired) electrons. The number of hydrogen-bond acceptors (Lipinski definition) is 6. The van der Waals surface area contributed by atoms with E-state index in [-0.39, 0.29) is 34.0 Å². The molecule has 6 atom stereocenters. The maximum atomic E-state index is 13.2. The summed E-state index contributed by atoms with van der Waals surface area (Å²) in [7, 11) is 2.22. The second kappa shape index (κ2) is 17.3. The average molecular weight is 652 g/mol. The van der Waals surface area contributed by atoms with E-state index in [2.05, 4.69) is 128 Å². The molecule has 0 bridgehead atoms. The summed E-state index contributed by atoms with van der Waals surface area (Å²) in [6, 6.07) is 0.369. The molecular formula is C41H73N5O. The van der Waals surface area contributed by atoms with Gasteiger partial charge in [-0.1, -0.05) is 113 Å². The minimum Gasteiger partial charge on any atom is -0.385 e. The van der Waals surface area contributed by atoms with E-state index >= 15 is 0 Å². The van der Waals surface area contributed by atoms with E-state index in [1.54, 1.807) is 6.08 Å². The molecule has 0 heterocycles. The lowest BCUT2D eigenvalue weighted by Crippen LogP contribution is -2.48. The Hall–Kier alpha value is -2.47. The molecule has 6 heteroatoms. The van der Waals surface area contributed by atoms with Gasteiger partial charge in [0, 0.05) is 62.3 Å². The molecule has 4 unspecified atom stereocenters. The van der Waals surface area contributed by atoms with E-state index in [0.717, 1.165) is 43.7 Å².